The van der Waals surface area contributed by atoms with Gasteiger partial charge in [0, 0.05) is 31.1 Å². The van der Waals surface area contributed by atoms with Crippen LogP contribution in [-0.2, 0) is 14.3 Å². The fraction of sp³-hybridized carbons (Fsp3) is 0.462. The van der Waals surface area contributed by atoms with Gasteiger partial charge < -0.3 is 34.5 Å². The second kappa shape index (κ2) is 27.6. The molecule has 4 aromatic heterocycles. The third-order valence-electron chi connectivity index (χ3n) is 7.41. The van der Waals surface area contributed by atoms with Crippen LogP contribution in [0.2, 0.25) is 0 Å². The van der Waals surface area contributed by atoms with E-state index in [-0.39, 0.29) is 54.0 Å². The topological polar surface area (TPSA) is 238 Å². The molecular formula is C39H52ClF2N7O10. The number of carbonyl (C=O) groups excluding carboxylic acids is 5. The number of rotatable bonds is 19. The predicted molar refractivity (Wildman–Crippen MR) is 212 cm³/mol. The second-order valence-electron chi connectivity index (χ2n) is 13.3. The standard InChI is InChI=1S/C18H25ClFN3O4.C17H20FN3O4.C3H3NO2.CH4/c1-18(2,3)27-17(26)21-9-5-4-6-13(14(24)10-19)23-16(25)12-7-8-15(20)22-11-12;1-2-3-4-5-13(14(22)11-24-16-8-9-25-21-16)20-17(23)12-6-7-15(18)19-10-12;5-3-1-2-6-4-3;/h7-8,11,13H,4-6,9-10H2,1-3H3,(H,21,26)(H,23,25);6-10,13H,2-5,11H2,1H3,(H,20,23);1-2H,(H,4,5);1H4/t2*13-;;/m00../s1. The van der Waals surface area contributed by atoms with Crippen LogP contribution in [0.5, 0.6) is 5.88 Å². The van der Waals surface area contributed by atoms with Gasteiger partial charge in [-0.15, -0.1) is 11.6 Å². The lowest BCUT2D eigenvalue weighted by atomic mass is 10.0. The number of carbonyl (C=O) groups is 5. The zero-order valence-corrected chi connectivity index (χ0v) is 33.3. The van der Waals surface area contributed by atoms with Gasteiger partial charge in [0.25, 0.3) is 23.3 Å². The van der Waals surface area contributed by atoms with Crippen molar-refractivity contribution >= 4 is 41.1 Å². The minimum atomic E-state index is -0.762. The number of ketones is 2. The molecule has 0 saturated carbocycles. The van der Waals surface area contributed by atoms with E-state index >= 15 is 0 Å². The number of nitrogens with one attached hydrogen (secondary N) is 4. The van der Waals surface area contributed by atoms with E-state index in [1.54, 1.807) is 20.8 Å². The average molecular weight is 852 g/mol. The van der Waals surface area contributed by atoms with E-state index in [1.807, 2.05) is 6.92 Å². The number of alkyl carbamates (subject to hydrolysis) is 1. The third-order valence-corrected chi connectivity index (χ3v) is 7.67. The molecule has 324 valence electrons. The van der Waals surface area contributed by atoms with Gasteiger partial charge in [0.15, 0.2) is 18.2 Å². The van der Waals surface area contributed by atoms with Gasteiger partial charge >= 0.3 is 6.09 Å². The number of H-pyrrole nitrogens is 1. The molecule has 3 amide bonds. The first-order valence-electron chi connectivity index (χ1n) is 18.2. The zero-order valence-electron chi connectivity index (χ0n) is 32.6. The Morgan fingerprint density at radius 2 is 1.41 bits per heavy atom. The molecule has 20 heteroatoms. The van der Waals surface area contributed by atoms with Crippen molar-refractivity contribution in [1.82, 2.24) is 36.2 Å². The first-order chi connectivity index (χ1) is 27.6. The molecule has 17 nitrogen and oxygen atoms in total. The second-order valence-corrected chi connectivity index (χ2v) is 13.6. The van der Waals surface area contributed by atoms with E-state index in [0.717, 1.165) is 43.8 Å². The Kier molecular flexibility index (Phi) is 23.9. The molecule has 4 N–H and O–H groups in total. The third kappa shape index (κ3) is 21.9. The maximum Gasteiger partial charge on any atom is 0.407 e. The molecule has 2 atom stereocenters. The fourth-order valence-corrected chi connectivity index (χ4v) is 4.73. The van der Waals surface area contributed by atoms with Crippen LogP contribution in [-0.4, -0.2) is 86.5 Å². The number of ether oxygens (including phenoxy) is 2. The number of unbranched alkanes of at least 4 members (excludes halogenated alkanes) is 3. The first-order valence-corrected chi connectivity index (χ1v) is 18.7. The lowest BCUT2D eigenvalue weighted by Gasteiger charge is -2.20. The van der Waals surface area contributed by atoms with Gasteiger partial charge in [-0.1, -0.05) is 33.6 Å². The molecule has 0 saturated heterocycles. The van der Waals surface area contributed by atoms with Crippen molar-refractivity contribution in [2.24, 2.45) is 0 Å². The summed E-state index contributed by atoms with van der Waals surface area (Å²) < 4.78 is 44.9. The summed E-state index contributed by atoms with van der Waals surface area (Å²) in [5.74, 6) is -3.01. The Morgan fingerprint density at radius 3 is 1.83 bits per heavy atom. The Morgan fingerprint density at radius 1 is 0.831 bits per heavy atom. The molecule has 59 heavy (non-hydrogen) atoms. The highest BCUT2D eigenvalue weighted by molar-refractivity contribution is 6.28. The molecule has 0 aliphatic carbocycles. The summed E-state index contributed by atoms with van der Waals surface area (Å²) in [6.07, 6.45) is 9.10. The zero-order chi connectivity index (χ0) is 42.9. The highest BCUT2D eigenvalue weighted by Crippen LogP contribution is 2.11. The van der Waals surface area contributed by atoms with Crippen LogP contribution in [0.1, 0.15) is 101 Å². The number of Topliss-reactive ketones (excluding diaryl/α,β-unsaturated/α-hetero) is 2. The highest BCUT2D eigenvalue weighted by Gasteiger charge is 2.23. The van der Waals surface area contributed by atoms with Crippen LogP contribution in [0.4, 0.5) is 13.6 Å². The SMILES string of the molecule is C.CC(C)(C)OC(=O)NCCCC[C@H](NC(=O)c1ccc(F)nc1)C(=O)CCl.CCCCC[C@H](NC(=O)c1ccc(F)nc1)C(=O)COc1ccon1.O=c1cco[nH]1. The monoisotopic (exact) mass is 851 g/mol. The van der Waals surface area contributed by atoms with Crippen LogP contribution in [0.25, 0.3) is 0 Å². The predicted octanol–water partition coefficient (Wildman–Crippen LogP) is 5.96. The first kappa shape index (κ1) is 51.0. The van der Waals surface area contributed by atoms with E-state index < -0.39 is 47.5 Å². The minimum Gasteiger partial charge on any atom is -0.467 e. The molecule has 4 heterocycles. The highest BCUT2D eigenvalue weighted by atomic mass is 35.5. The maximum absolute atomic E-state index is 12.9. The van der Waals surface area contributed by atoms with Crippen molar-refractivity contribution in [1.29, 1.82) is 0 Å². The molecule has 4 rings (SSSR count). The Labute approximate surface area is 345 Å². The van der Waals surface area contributed by atoms with Crippen molar-refractivity contribution in [2.45, 2.75) is 97.8 Å². The van der Waals surface area contributed by atoms with Crippen molar-refractivity contribution in [3.05, 3.63) is 94.7 Å². The van der Waals surface area contributed by atoms with Crippen LogP contribution in [0, 0.1) is 11.9 Å². The Hall–Kier alpha value is -5.98. The van der Waals surface area contributed by atoms with Crippen LogP contribution < -0.4 is 26.2 Å². The Balaban J connectivity index is 0.000000508. The molecule has 0 fully saturated rings. The van der Waals surface area contributed by atoms with Crippen LogP contribution >= 0.6 is 11.6 Å². The number of aromatic nitrogens is 4. The summed E-state index contributed by atoms with van der Waals surface area (Å²) >= 11 is 5.60. The van der Waals surface area contributed by atoms with Gasteiger partial charge in [-0.3, -0.25) is 24.0 Å². The van der Waals surface area contributed by atoms with E-state index in [9.17, 15) is 37.5 Å². The molecule has 0 unspecified atom stereocenters. The van der Waals surface area contributed by atoms with Gasteiger partial charge in [-0.05, 0) is 75.9 Å². The van der Waals surface area contributed by atoms with Gasteiger partial charge in [0.05, 0.1) is 29.1 Å². The number of aromatic amines is 1. The van der Waals surface area contributed by atoms with Crippen LogP contribution in [0.15, 0.2) is 75.2 Å². The summed E-state index contributed by atoms with van der Waals surface area (Å²) in [6, 6.07) is 6.09. The van der Waals surface area contributed by atoms with Gasteiger partial charge in [-0.25, -0.2) is 14.8 Å². The Bertz CT molecular complexity index is 1870. The van der Waals surface area contributed by atoms with Gasteiger partial charge in [0.1, 0.15) is 18.1 Å². The number of pyridine rings is 2. The summed E-state index contributed by atoms with van der Waals surface area (Å²) in [7, 11) is 0. The summed E-state index contributed by atoms with van der Waals surface area (Å²) in [5.41, 5.74) is -0.431. The summed E-state index contributed by atoms with van der Waals surface area (Å²) in [5, 5.41) is 13.5. The number of halogens is 3. The average Bonchev–Trinajstić information content (AvgIpc) is 3.90. The quantitative estimate of drug-likeness (QED) is 0.0485. The number of hydrogen-bond donors (Lipinski definition) is 4. The summed E-state index contributed by atoms with van der Waals surface area (Å²) in [6.45, 7) is 7.52. The largest absolute Gasteiger partial charge is 0.467 e. The molecule has 0 aliphatic rings. The maximum atomic E-state index is 12.9. The number of nitrogens with zero attached hydrogens (tertiary/aromatic N) is 3. The lowest BCUT2D eigenvalue weighted by Crippen LogP contribution is -2.43. The normalized spacial score (nSPS) is 11.4. The smallest absolute Gasteiger partial charge is 0.407 e. The van der Waals surface area contributed by atoms with Gasteiger partial charge in [0.2, 0.25) is 11.9 Å². The molecule has 0 aliphatic heterocycles. The van der Waals surface area contributed by atoms with E-state index in [4.69, 9.17) is 21.1 Å². The van der Waals surface area contributed by atoms with Crippen LogP contribution in [0.3, 0.4) is 0 Å². The van der Waals surface area contributed by atoms with E-state index in [2.05, 4.69) is 45.3 Å². The van der Waals surface area contributed by atoms with E-state index in [0.29, 0.717) is 32.2 Å². The number of alkyl halides is 1. The fourth-order valence-electron chi connectivity index (χ4n) is 4.54. The molecule has 0 aromatic carbocycles. The van der Waals surface area contributed by atoms with E-state index in [1.165, 1.54) is 36.8 Å². The molecule has 0 spiro atoms. The molecular weight excluding hydrogens is 800 g/mol. The van der Waals surface area contributed by atoms with Crippen molar-refractivity contribution in [2.75, 3.05) is 19.0 Å². The van der Waals surface area contributed by atoms with Crippen molar-refractivity contribution in [3.8, 4) is 5.88 Å². The number of amides is 3. The van der Waals surface area contributed by atoms with Gasteiger partial charge in [-0.2, -0.15) is 13.9 Å². The summed E-state index contributed by atoms with van der Waals surface area (Å²) in [4.78, 5) is 77.0. The lowest BCUT2D eigenvalue weighted by molar-refractivity contribution is -0.123. The number of hydrogen-bond acceptors (Lipinski definition) is 13. The van der Waals surface area contributed by atoms with Crippen molar-refractivity contribution < 1.29 is 51.3 Å². The molecule has 4 aromatic rings. The molecule has 0 bridgehead atoms. The minimum absolute atomic E-state index is 0. The molecule has 0 radical (unpaired) electrons. The van der Waals surface area contributed by atoms with Crippen molar-refractivity contribution in [3.63, 3.8) is 0 Å².